The van der Waals surface area contributed by atoms with Crippen LogP contribution in [0.1, 0.15) is 34.2 Å². The number of halogens is 2. The van der Waals surface area contributed by atoms with E-state index in [0.717, 1.165) is 12.8 Å². The van der Waals surface area contributed by atoms with Crippen LogP contribution in [0.3, 0.4) is 0 Å². The molecule has 0 saturated carbocycles. The van der Waals surface area contributed by atoms with Crippen molar-refractivity contribution in [2.24, 2.45) is 0 Å². The molecule has 0 nitrogen and oxygen atoms in total. The Balaban J connectivity index is 0.00000144. The van der Waals surface area contributed by atoms with Gasteiger partial charge in [0, 0.05) is 0 Å². The van der Waals surface area contributed by atoms with Crippen LogP contribution in [0.5, 0.6) is 0 Å². The molecule has 2 aliphatic rings. The van der Waals surface area contributed by atoms with Gasteiger partial charge in [0.15, 0.2) is 0 Å². The zero-order valence-corrected chi connectivity index (χ0v) is 23.6. The first kappa shape index (κ1) is 25.8. The normalized spacial score (nSPS) is 13.2. The smallest absolute Gasteiger partial charge is 1.00 e. The van der Waals surface area contributed by atoms with Crippen molar-refractivity contribution < 1.29 is 46.1 Å². The summed E-state index contributed by atoms with van der Waals surface area (Å²) in [5, 5.41) is 0. The van der Waals surface area contributed by atoms with Crippen molar-refractivity contribution in [1.82, 2.24) is 0 Å². The van der Waals surface area contributed by atoms with Crippen LogP contribution in [0, 0.1) is 6.92 Å². The largest absolute Gasteiger partial charge is 1.00 e. The number of rotatable bonds is 4. The number of hydrogen-bond donors (Lipinski definition) is 0. The standard InChI is InChI=1S/C14H12.C13H9.C5H5.2ClH.Zr/c1-12-7-9-14(10-8-12)11-13-5-3-2-4-6-13;1-3-7-12-10(5-1)9-11-6-2-4-8-13(11)12;1-2-4-5-3-1;;;/h2-10H,1H3;1-5,7-8H,9H2;1-3H,4H2;2*1H;/q;;;;;+2/p-2. The maximum absolute atomic E-state index is 2.48. The molecule has 4 aromatic rings. The van der Waals surface area contributed by atoms with Gasteiger partial charge in [-0.3, -0.25) is 0 Å². The molecule has 2 aliphatic carbocycles. The molecule has 0 aromatic heterocycles. The van der Waals surface area contributed by atoms with Crippen molar-refractivity contribution in [1.29, 1.82) is 0 Å². The monoisotopic (exact) mass is 570 g/mol. The molecule has 0 unspecified atom stereocenters. The molecule has 0 bridgehead atoms. The first-order valence-electron chi connectivity index (χ1n) is 11.7. The van der Waals surface area contributed by atoms with Crippen LogP contribution in [0.2, 0.25) is 0 Å². The summed E-state index contributed by atoms with van der Waals surface area (Å²) in [4.78, 5) is 0. The van der Waals surface area contributed by atoms with E-state index >= 15 is 0 Å². The Morgan fingerprint density at radius 2 is 1.37 bits per heavy atom. The van der Waals surface area contributed by atoms with E-state index in [9.17, 15) is 0 Å². The fourth-order valence-electron chi connectivity index (χ4n) is 5.27. The molecule has 172 valence electrons. The molecule has 35 heavy (non-hydrogen) atoms. The van der Waals surface area contributed by atoms with Crippen LogP contribution in [-0.2, 0) is 27.7 Å². The minimum Gasteiger partial charge on any atom is -1.00 e. The second kappa shape index (κ2) is 11.2. The van der Waals surface area contributed by atoms with Crippen LogP contribution < -0.4 is 28.1 Å². The Kier molecular flexibility index (Phi) is 8.23. The van der Waals surface area contributed by atoms with Gasteiger partial charge in [-0.05, 0) is 0 Å². The Labute approximate surface area is 228 Å². The Bertz CT molecular complexity index is 1440. The summed E-state index contributed by atoms with van der Waals surface area (Å²) in [6.45, 7) is 2.18. The second-order valence-corrected chi connectivity index (χ2v) is 14.9. The molecule has 0 saturated heterocycles. The van der Waals surface area contributed by atoms with Gasteiger partial charge >= 0.3 is 205 Å². The molecule has 3 heteroatoms. The van der Waals surface area contributed by atoms with Crippen LogP contribution in [0.25, 0.3) is 11.1 Å². The third kappa shape index (κ3) is 4.88. The van der Waals surface area contributed by atoms with Crippen molar-refractivity contribution in [3.05, 3.63) is 146 Å². The molecule has 0 atom stereocenters. The van der Waals surface area contributed by atoms with Gasteiger partial charge in [-0.1, -0.05) is 0 Å². The number of fused-ring (bicyclic) bond motifs is 3. The van der Waals surface area contributed by atoms with Crippen LogP contribution in [0.15, 0.2) is 119 Å². The third-order valence-corrected chi connectivity index (χ3v) is 14.5. The molecule has 6 rings (SSSR count). The average Bonchev–Trinajstić information content (AvgIpc) is 3.52. The molecular formula is C32H26Cl2Zr. The van der Waals surface area contributed by atoms with Crippen LogP contribution in [-0.4, -0.2) is 3.21 Å². The average molecular weight is 573 g/mol. The number of hydrogen-bond acceptors (Lipinski definition) is 0. The summed E-state index contributed by atoms with van der Waals surface area (Å²) >= 11 is -2.48. The zero-order chi connectivity index (χ0) is 22.2. The van der Waals surface area contributed by atoms with Gasteiger partial charge in [0.1, 0.15) is 0 Å². The maximum Gasteiger partial charge on any atom is -1.00 e. The van der Waals surface area contributed by atoms with Crippen molar-refractivity contribution in [2.45, 2.75) is 19.8 Å². The molecule has 0 aliphatic heterocycles. The second-order valence-electron chi connectivity index (χ2n) is 8.97. The first-order valence-corrected chi connectivity index (χ1v) is 15.4. The summed E-state index contributed by atoms with van der Waals surface area (Å²) in [6, 6.07) is 36.4. The molecule has 0 fully saturated rings. The summed E-state index contributed by atoms with van der Waals surface area (Å²) < 4.78 is 4.90. The zero-order valence-electron chi connectivity index (χ0n) is 19.6. The van der Waals surface area contributed by atoms with E-state index < -0.39 is 21.3 Å². The quantitative estimate of drug-likeness (QED) is 0.301. The van der Waals surface area contributed by atoms with Crippen molar-refractivity contribution >= 4 is 6.48 Å². The topological polar surface area (TPSA) is 0 Å². The summed E-state index contributed by atoms with van der Waals surface area (Å²) in [6.07, 6.45) is 9.18. The summed E-state index contributed by atoms with van der Waals surface area (Å²) in [5.74, 6) is 0. The van der Waals surface area contributed by atoms with Gasteiger partial charge in [-0.2, -0.15) is 0 Å². The van der Waals surface area contributed by atoms with Gasteiger partial charge in [0.25, 0.3) is 0 Å². The molecule has 0 heterocycles. The van der Waals surface area contributed by atoms with Gasteiger partial charge in [0.2, 0.25) is 0 Å². The van der Waals surface area contributed by atoms with Gasteiger partial charge in [-0.15, -0.1) is 0 Å². The van der Waals surface area contributed by atoms with Crippen molar-refractivity contribution in [2.75, 3.05) is 0 Å². The van der Waals surface area contributed by atoms with E-state index in [0.29, 0.717) is 0 Å². The molecule has 0 N–H and O–H groups in total. The summed E-state index contributed by atoms with van der Waals surface area (Å²) in [5.41, 5.74) is 10.0. The van der Waals surface area contributed by atoms with E-state index in [1.54, 1.807) is 15.3 Å². The minimum atomic E-state index is -2.48. The van der Waals surface area contributed by atoms with Crippen LogP contribution in [0.4, 0.5) is 0 Å². The minimum absolute atomic E-state index is 0. The van der Waals surface area contributed by atoms with Gasteiger partial charge in [-0.25, -0.2) is 0 Å². The van der Waals surface area contributed by atoms with E-state index in [2.05, 4.69) is 122 Å². The predicted octanol–water partition coefficient (Wildman–Crippen LogP) is 0.931. The Morgan fingerprint density at radius 1 is 0.686 bits per heavy atom. The number of allylic oxidation sites excluding steroid dienone is 4. The van der Waals surface area contributed by atoms with Crippen molar-refractivity contribution in [3.63, 3.8) is 0 Å². The number of benzene rings is 4. The van der Waals surface area contributed by atoms with Crippen molar-refractivity contribution in [3.8, 4) is 11.1 Å². The van der Waals surface area contributed by atoms with E-state index in [-0.39, 0.29) is 24.8 Å². The molecule has 0 radical (unpaired) electrons. The Hall–Kier alpha value is -2.31. The van der Waals surface area contributed by atoms with E-state index in [1.807, 2.05) is 0 Å². The van der Waals surface area contributed by atoms with Crippen LogP contribution >= 0.6 is 0 Å². The number of aryl methyl sites for hydroxylation is 1. The maximum atomic E-state index is 2.45. The van der Waals surface area contributed by atoms with E-state index in [1.165, 1.54) is 33.4 Å². The van der Waals surface area contributed by atoms with Gasteiger partial charge in [0.05, 0.1) is 0 Å². The molecule has 0 spiro atoms. The molecule has 0 amide bonds. The first-order chi connectivity index (χ1) is 16.3. The fourth-order valence-corrected chi connectivity index (χ4v) is 13.2. The summed E-state index contributed by atoms with van der Waals surface area (Å²) in [7, 11) is 0. The Morgan fingerprint density at radius 3 is 2.11 bits per heavy atom. The SMILES string of the molecule is Cc1ccc(/[C](c2ccccc2)=[Zr+2](\[C]2=CC=CC2)[c]2cccc3c2Cc2ccccc2-3)cc1.[Cl-].[Cl-]. The fraction of sp³-hybridized carbons (Fsp3) is 0.0938. The molecule has 4 aromatic carbocycles. The van der Waals surface area contributed by atoms with Gasteiger partial charge < -0.3 is 24.8 Å². The third-order valence-electron chi connectivity index (χ3n) is 6.87. The predicted molar refractivity (Wildman–Crippen MR) is 137 cm³/mol. The molecular weight excluding hydrogens is 546 g/mol. The van der Waals surface area contributed by atoms with E-state index in [4.69, 9.17) is 0 Å².